The van der Waals surface area contributed by atoms with Crippen molar-refractivity contribution in [3.63, 3.8) is 0 Å². The third-order valence-electron chi connectivity index (χ3n) is 5.53. The molecule has 1 aromatic heterocycles. The number of hydrogen-bond acceptors (Lipinski definition) is 5. The summed E-state index contributed by atoms with van der Waals surface area (Å²) in [5.74, 6) is 0.183. The van der Waals surface area contributed by atoms with E-state index in [-0.39, 0.29) is 30.1 Å². The van der Waals surface area contributed by atoms with Gasteiger partial charge in [0.2, 0.25) is 11.8 Å². The number of rotatable bonds is 11. The first kappa shape index (κ1) is 25.4. The van der Waals surface area contributed by atoms with E-state index in [0.717, 1.165) is 5.56 Å². The predicted molar refractivity (Wildman–Crippen MR) is 133 cm³/mol. The van der Waals surface area contributed by atoms with E-state index in [4.69, 9.17) is 4.42 Å². The molecule has 0 bridgehead atoms. The highest BCUT2D eigenvalue weighted by Gasteiger charge is 2.23. The summed E-state index contributed by atoms with van der Waals surface area (Å²) in [6.45, 7) is 4.44. The molecule has 8 heteroatoms. The fourth-order valence-corrected chi connectivity index (χ4v) is 3.52. The van der Waals surface area contributed by atoms with E-state index in [1.54, 1.807) is 35.4 Å². The molecule has 182 valence electrons. The Hall–Kier alpha value is -4.20. The lowest BCUT2D eigenvalue weighted by molar-refractivity contribution is -0.384. The first-order valence-corrected chi connectivity index (χ1v) is 11.4. The summed E-state index contributed by atoms with van der Waals surface area (Å²) in [4.78, 5) is 39.8. The van der Waals surface area contributed by atoms with Crippen molar-refractivity contribution in [1.29, 1.82) is 0 Å². The molecule has 0 N–H and O–H groups in total. The molecule has 2 amide bonds. The molecule has 0 aliphatic rings. The minimum absolute atomic E-state index is 0.0185. The number of benzene rings is 2. The van der Waals surface area contributed by atoms with E-state index in [0.29, 0.717) is 30.8 Å². The topological polar surface area (TPSA) is 96.9 Å². The van der Waals surface area contributed by atoms with E-state index >= 15 is 0 Å². The maximum atomic E-state index is 13.3. The fourth-order valence-electron chi connectivity index (χ4n) is 3.52. The van der Waals surface area contributed by atoms with Crippen LogP contribution in [0.2, 0.25) is 0 Å². The van der Waals surface area contributed by atoms with Crippen molar-refractivity contribution in [1.82, 2.24) is 9.80 Å². The number of nitro benzene ring substituents is 1. The molecule has 0 atom stereocenters. The Morgan fingerprint density at radius 3 is 2.34 bits per heavy atom. The number of carbonyl (C=O) groups excluding carboxylic acids is 2. The van der Waals surface area contributed by atoms with Crippen LogP contribution in [-0.4, -0.2) is 45.7 Å². The van der Waals surface area contributed by atoms with Gasteiger partial charge in [0.25, 0.3) is 5.69 Å². The van der Waals surface area contributed by atoms with Gasteiger partial charge in [-0.2, -0.15) is 0 Å². The average molecular weight is 476 g/mol. The highest BCUT2D eigenvalue weighted by molar-refractivity contribution is 5.94. The van der Waals surface area contributed by atoms with Crippen LogP contribution in [-0.2, 0) is 22.6 Å². The van der Waals surface area contributed by atoms with Crippen LogP contribution in [0, 0.1) is 10.1 Å². The van der Waals surface area contributed by atoms with Crippen LogP contribution < -0.4 is 0 Å². The van der Waals surface area contributed by atoms with Crippen molar-refractivity contribution >= 4 is 23.6 Å². The third-order valence-corrected chi connectivity index (χ3v) is 5.53. The molecular formula is C27H29N3O5. The highest BCUT2D eigenvalue weighted by Crippen LogP contribution is 2.14. The van der Waals surface area contributed by atoms with E-state index in [9.17, 15) is 19.7 Å². The fraction of sp³-hybridized carbons (Fsp3) is 0.259. The molecule has 0 saturated heterocycles. The number of non-ortho nitro benzene ring substituents is 1. The van der Waals surface area contributed by atoms with Crippen molar-refractivity contribution in [3.8, 4) is 0 Å². The van der Waals surface area contributed by atoms with Crippen LogP contribution >= 0.6 is 0 Å². The summed E-state index contributed by atoms with van der Waals surface area (Å²) in [5, 5.41) is 10.8. The second-order valence-corrected chi connectivity index (χ2v) is 8.37. The molecule has 2 aromatic carbocycles. The van der Waals surface area contributed by atoms with Crippen LogP contribution in [0.4, 0.5) is 5.69 Å². The van der Waals surface area contributed by atoms with Crippen molar-refractivity contribution < 1.29 is 18.9 Å². The van der Waals surface area contributed by atoms with Crippen LogP contribution in [0.25, 0.3) is 6.08 Å². The minimum atomic E-state index is -0.475. The Bertz CT molecular complexity index is 1140. The van der Waals surface area contributed by atoms with Gasteiger partial charge in [-0.05, 0) is 61.7 Å². The lowest BCUT2D eigenvalue weighted by Gasteiger charge is -2.29. The maximum Gasteiger partial charge on any atom is 0.269 e. The molecule has 0 aliphatic heterocycles. The largest absolute Gasteiger partial charge is 0.467 e. The molecule has 0 aliphatic carbocycles. The number of hydrogen-bond donors (Lipinski definition) is 0. The number of nitro groups is 1. The summed E-state index contributed by atoms with van der Waals surface area (Å²) >= 11 is 0. The molecule has 0 spiro atoms. The zero-order chi connectivity index (χ0) is 25.2. The standard InChI is InChI=1S/C27H29N3O5/c1-21(2)29(26(31)15-12-23-10-13-24(14-11-23)30(33)34)20-27(32)28(19-25-9-6-18-35-25)17-16-22-7-4-3-5-8-22/h3-15,18,21H,16-17,19-20H2,1-2H3/b15-12+. The van der Waals surface area contributed by atoms with Crippen LogP contribution in [0.3, 0.4) is 0 Å². The Balaban J connectivity index is 1.69. The van der Waals surface area contributed by atoms with Gasteiger partial charge in [-0.15, -0.1) is 0 Å². The molecule has 8 nitrogen and oxygen atoms in total. The zero-order valence-electron chi connectivity index (χ0n) is 19.9. The minimum Gasteiger partial charge on any atom is -0.467 e. The van der Waals surface area contributed by atoms with Crippen molar-refractivity contribution in [2.75, 3.05) is 13.1 Å². The number of amides is 2. The highest BCUT2D eigenvalue weighted by atomic mass is 16.6. The molecule has 3 aromatic rings. The molecule has 0 unspecified atom stereocenters. The van der Waals surface area contributed by atoms with Crippen LogP contribution in [0.1, 0.15) is 30.7 Å². The number of furan rings is 1. The molecule has 3 rings (SSSR count). The van der Waals surface area contributed by atoms with E-state index in [1.165, 1.54) is 23.1 Å². The second kappa shape index (κ2) is 12.3. The second-order valence-electron chi connectivity index (χ2n) is 8.37. The predicted octanol–water partition coefficient (Wildman–Crippen LogP) is 4.71. The lowest BCUT2D eigenvalue weighted by atomic mass is 10.1. The summed E-state index contributed by atoms with van der Waals surface area (Å²) in [6, 6.07) is 19.2. The van der Waals surface area contributed by atoms with E-state index in [1.807, 2.05) is 50.2 Å². The number of nitrogens with zero attached hydrogens (tertiary/aromatic N) is 3. The average Bonchev–Trinajstić information content (AvgIpc) is 3.37. The monoisotopic (exact) mass is 475 g/mol. The van der Waals surface area contributed by atoms with Gasteiger partial charge in [-0.3, -0.25) is 19.7 Å². The summed E-state index contributed by atoms with van der Waals surface area (Å²) in [5.41, 5.74) is 1.75. The maximum absolute atomic E-state index is 13.3. The van der Waals surface area contributed by atoms with Gasteiger partial charge in [0.15, 0.2) is 0 Å². The summed E-state index contributed by atoms with van der Waals surface area (Å²) in [6.07, 6.45) is 5.22. The lowest BCUT2D eigenvalue weighted by Crippen LogP contribution is -2.45. The molecule has 35 heavy (non-hydrogen) atoms. The van der Waals surface area contributed by atoms with Gasteiger partial charge in [0, 0.05) is 30.8 Å². The van der Waals surface area contributed by atoms with Gasteiger partial charge in [-0.1, -0.05) is 30.3 Å². The van der Waals surface area contributed by atoms with Crippen molar-refractivity contribution in [2.45, 2.75) is 32.9 Å². The molecule has 1 heterocycles. The summed E-state index contributed by atoms with van der Waals surface area (Å²) < 4.78 is 5.45. The van der Waals surface area contributed by atoms with E-state index in [2.05, 4.69) is 0 Å². The molecule has 0 fully saturated rings. The van der Waals surface area contributed by atoms with Gasteiger partial charge in [0.1, 0.15) is 12.3 Å². The Morgan fingerprint density at radius 2 is 1.74 bits per heavy atom. The zero-order valence-corrected chi connectivity index (χ0v) is 19.9. The Morgan fingerprint density at radius 1 is 1.03 bits per heavy atom. The van der Waals surface area contributed by atoms with Crippen molar-refractivity contribution in [2.24, 2.45) is 0 Å². The number of carbonyl (C=O) groups is 2. The van der Waals surface area contributed by atoms with Gasteiger partial charge in [0.05, 0.1) is 17.7 Å². The van der Waals surface area contributed by atoms with Crippen LogP contribution in [0.5, 0.6) is 0 Å². The molecule has 0 radical (unpaired) electrons. The normalized spacial score (nSPS) is 11.1. The van der Waals surface area contributed by atoms with Gasteiger partial charge < -0.3 is 14.2 Å². The first-order chi connectivity index (χ1) is 16.8. The first-order valence-electron chi connectivity index (χ1n) is 11.4. The quantitative estimate of drug-likeness (QED) is 0.227. The van der Waals surface area contributed by atoms with Crippen molar-refractivity contribution in [3.05, 3.63) is 106 Å². The van der Waals surface area contributed by atoms with Gasteiger partial charge >= 0.3 is 0 Å². The Kier molecular flexibility index (Phi) is 8.95. The molecular weight excluding hydrogens is 446 g/mol. The van der Waals surface area contributed by atoms with Crippen LogP contribution in [0.15, 0.2) is 83.5 Å². The van der Waals surface area contributed by atoms with Gasteiger partial charge in [-0.25, -0.2) is 0 Å². The van der Waals surface area contributed by atoms with E-state index < -0.39 is 4.92 Å². The summed E-state index contributed by atoms with van der Waals surface area (Å²) in [7, 11) is 0. The molecule has 0 saturated carbocycles. The third kappa shape index (κ3) is 7.67. The smallest absolute Gasteiger partial charge is 0.269 e. The Labute approximate surface area is 204 Å². The SMILES string of the molecule is CC(C)N(CC(=O)N(CCc1ccccc1)Cc1ccco1)C(=O)/C=C/c1ccc([N+](=O)[O-])cc1.